The van der Waals surface area contributed by atoms with Crippen LogP contribution in [0.1, 0.15) is 51.3 Å². The van der Waals surface area contributed by atoms with Crippen molar-refractivity contribution in [2.75, 3.05) is 13.2 Å². The van der Waals surface area contributed by atoms with Gasteiger partial charge in [0.15, 0.2) is 5.79 Å². The molecule has 1 saturated carbocycles. The van der Waals surface area contributed by atoms with Gasteiger partial charge < -0.3 is 19.4 Å². The van der Waals surface area contributed by atoms with Crippen LogP contribution >= 0.6 is 0 Å². The standard InChI is InChI=1S/C16H25N3O3/c1-12(2)15-17-7-8-19(15)11-14(20)18-13-3-5-16(6-4-13)21-9-10-22-16/h7-8,12-13H,3-6,9-11H2,1-2H3,(H,18,20). The Morgan fingerprint density at radius 1 is 1.41 bits per heavy atom. The van der Waals surface area contributed by atoms with Crippen molar-refractivity contribution < 1.29 is 14.3 Å². The lowest BCUT2D eigenvalue weighted by Crippen LogP contribution is -2.44. The Morgan fingerprint density at radius 2 is 2.09 bits per heavy atom. The highest BCUT2D eigenvalue weighted by Crippen LogP contribution is 2.35. The smallest absolute Gasteiger partial charge is 0.240 e. The van der Waals surface area contributed by atoms with Crippen LogP contribution in [0.3, 0.4) is 0 Å². The van der Waals surface area contributed by atoms with Gasteiger partial charge in [0, 0.05) is 37.2 Å². The predicted octanol–water partition coefficient (Wildman–Crippen LogP) is 1.81. The van der Waals surface area contributed by atoms with Gasteiger partial charge in [-0.3, -0.25) is 4.79 Å². The number of ether oxygens (including phenoxy) is 2. The second kappa shape index (κ2) is 6.38. The molecular weight excluding hydrogens is 282 g/mol. The van der Waals surface area contributed by atoms with Gasteiger partial charge in [-0.2, -0.15) is 0 Å². The number of hydrogen-bond donors (Lipinski definition) is 1. The van der Waals surface area contributed by atoms with Crippen molar-refractivity contribution in [2.45, 2.75) is 63.8 Å². The number of amides is 1. The monoisotopic (exact) mass is 307 g/mol. The topological polar surface area (TPSA) is 65.4 Å². The molecule has 1 spiro atoms. The van der Waals surface area contributed by atoms with E-state index in [1.165, 1.54) is 0 Å². The molecule has 1 aromatic heterocycles. The van der Waals surface area contributed by atoms with Crippen LogP contribution in [0.2, 0.25) is 0 Å². The van der Waals surface area contributed by atoms with E-state index in [-0.39, 0.29) is 17.7 Å². The molecule has 0 aromatic carbocycles. The Kier molecular flexibility index (Phi) is 4.49. The zero-order valence-electron chi connectivity index (χ0n) is 13.4. The van der Waals surface area contributed by atoms with Crippen molar-refractivity contribution in [1.29, 1.82) is 0 Å². The summed E-state index contributed by atoms with van der Waals surface area (Å²) in [6.45, 7) is 5.88. The summed E-state index contributed by atoms with van der Waals surface area (Å²) in [5.41, 5.74) is 0. The molecule has 0 atom stereocenters. The van der Waals surface area contributed by atoms with E-state index in [1.807, 2.05) is 10.8 Å². The lowest BCUT2D eigenvalue weighted by molar-refractivity contribution is -0.180. The maximum atomic E-state index is 12.2. The van der Waals surface area contributed by atoms with Crippen LogP contribution in [0.15, 0.2) is 12.4 Å². The SMILES string of the molecule is CC(C)c1nccn1CC(=O)NC1CCC2(CC1)OCCO2. The largest absolute Gasteiger partial charge is 0.352 e. The maximum absolute atomic E-state index is 12.2. The van der Waals surface area contributed by atoms with Gasteiger partial charge in [0.2, 0.25) is 5.91 Å². The third kappa shape index (κ3) is 3.33. The number of imidazole rings is 1. The molecule has 1 aliphatic heterocycles. The summed E-state index contributed by atoms with van der Waals surface area (Å²) in [5.74, 6) is 0.949. The summed E-state index contributed by atoms with van der Waals surface area (Å²) in [6, 6.07) is 0.219. The molecule has 6 nitrogen and oxygen atoms in total. The molecule has 1 amide bonds. The van der Waals surface area contributed by atoms with E-state index in [0.717, 1.165) is 31.5 Å². The molecule has 2 aliphatic rings. The van der Waals surface area contributed by atoms with Gasteiger partial charge in [0.1, 0.15) is 12.4 Å². The highest BCUT2D eigenvalue weighted by Gasteiger charge is 2.40. The van der Waals surface area contributed by atoms with Gasteiger partial charge in [-0.1, -0.05) is 13.8 Å². The Labute approximate surface area is 131 Å². The molecule has 2 fully saturated rings. The number of nitrogens with zero attached hydrogens (tertiary/aromatic N) is 2. The maximum Gasteiger partial charge on any atom is 0.240 e. The summed E-state index contributed by atoms with van der Waals surface area (Å²) in [7, 11) is 0. The number of nitrogens with one attached hydrogen (secondary N) is 1. The molecule has 6 heteroatoms. The van der Waals surface area contributed by atoms with Crippen molar-refractivity contribution in [1.82, 2.24) is 14.9 Å². The Balaban J connectivity index is 1.49. The first-order valence-corrected chi connectivity index (χ1v) is 8.16. The van der Waals surface area contributed by atoms with Crippen molar-refractivity contribution in [3.05, 3.63) is 18.2 Å². The van der Waals surface area contributed by atoms with Gasteiger partial charge in [-0.15, -0.1) is 0 Å². The minimum absolute atomic E-state index is 0.0501. The molecule has 0 radical (unpaired) electrons. The fourth-order valence-corrected chi connectivity index (χ4v) is 3.37. The Morgan fingerprint density at radius 3 is 2.73 bits per heavy atom. The minimum Gasteiger partial charge on any atom is -0.352 e. The summed E-state index contributed by atoms with van der Waals surface area (Å²) in [5, 5.41) is 3.13. The van der Waals surface area contributed by atoms with Crippen LogP contribution in [0.4, 0.5) is 0 Å². The van der Waals surface area contributed by atoms with E-state index in [0.29, 0.717) is 25.7 Å². The van der Waals surface area contributed by atoms with E-state index < -0.39 is 0 Å². The molecule has 2 heterocycles. The zero-order chi connectivity index (χ0) is 15.6. The molecule has 1 aromatic rings. The van der Waals surface area contributed by atoms with E-state index in [4.69, 9.17) is 9.47 Å². The van der Waals surface area contributed by atoms with Crippen LogP contribution < -0.4 is 5.32 Å². The minimum atomic E-state index is -0.365. The molecule has 1 saturated heterocycles. The first-order chi connectivity index (χ1) is 10.6. The average Bonchev–Trinajstić information content (AvgIpc) is 3.11. The highest BCUT2D eigenvalue weighted by atomic mass is 16.7. The number of carbonyl (C=O) groups is 1. The normalized spacial score (nSPS) is 21.6. The van der Waals surface area contributed by atoms with E-state index in [2.05, 4.69) is 24.1 Å². The molecule has 22 heavy (non-hydrogen) atoms. The van der Waals surface area contributed by atoms with Gasteiger partial charge in [-0.05, 0) is 12.8 Å². The fraction of sp³-hybridized carbons (Fsp3) is 0.750. The number of rotatable bonds is 4. The van der Waals surface area contributed by atoms with Crippen LogP contribution in [-0.4, -0.2) is 40.5 Å². The van der Waals surface area contributed by atoms with Crippen molar-refractivity contribution >= 4 is 5.91 Å². The van der Waals surface area contributed by atoms with Crippen LogP contribution in [-0.2, 0) is 20.8 Å². The number of hydrogen-bond acceptors (Lipinski definition) is 4. The number of aromatic nitrogens is 2. The summed E-state index contributed by atoms with van der Waals surface area (Å²) < 4.78 is 13.4. The molecule has 1 aliphatic carbocycles. The van der Waals surface area contributed by atoms with Crippen molar-refractivity contribution in [3.8, 4) is 0 Å². The van der Waals surface area contributed by atoms with Crippen LogP contribution in [0, 0.1) is 0 Å². The molecule has 0 bridgehead atoms. The first kappa shape index (κ1) is 15.5. The fourth-order valence-electron chi connectivity index (χ4n) is 3.37. The molecule has 1 N–H and O–H groups in total. The second-order valence-electron chi connectivity index (χ2n) is 6.52. The van der Waals surface area contributed by atoms with Crippen LogP contribution in [0.5, 0.6) is 0 Å². The van der Waals surface area contributed by atoms with Gasteiger partial charge in [0.05, 0.1) is 13.2 Å². The lowest BCUT2D eigenvalue weighted by Gasteiger charge is -2.35. The van der Waals surface area contributed by atoms with Crippen molar-refractivity contribution in [3.63, 3.8) is 0 Å². The quantitative estimate of drug-likeness (QED) is 0.921. The molecule has 122 valence electrons. The summed E-state index contributed by atoms with van der Waals surface area (Å²) in [6.07, 6.45) is 7.16. The highest BCUT2D eigenvalue weighted by molar-refractivity contribution is 5.76. The third-order valence-electron chi connectivity index (χ3n) is 4.50. The molecular formula is C16H25N3O3. The average molecular weight is 307 g/mol. The van der Waals surface area contributed by atoms with Gasteiger partial charge in [-0.25, -0.2) is 4.98 Å². The van der Waals surface area contributed by atoms with Gasteiger partial charge >= 0.3 is 0 Å². The van der Waals surface area contributed by atoms with E-state index in [1.54, 1.807) is 6.20 Å². The second-order valence-corrected chi connectivity index (χ2v) is 6.52. The lowest BCUT2D eigenvalue weighted by atomic mass is 9.90. The molecule has 3 rings (SSSR count). The molecule has 0 unspecified atom stereocenters. The van der Waals surface area contributed by atoms with Crippen LogP contribution in [0.25, 0.3) is 0 Å². The van der Waals surface area contributed by atoms with Gasteiger partial charge in [0.25, 0.3) is 0 Å². The Hall–Kier alpha value is -1.40. The number of carbonyl (C=O) groups excluding carboxylic acids is 1. The summed E-state index contributed by atoms with van der Waals surface area (Å²) >= 11 is 0. The van der Waals surface area contributed by atoms with E-state index >= 15 is 0 Å². The van der Waals surface area contributed by atoms with E-state index in [9.17, 15) is 4.79 Å². The zero-order valence-corrected chi connectivity index (χ0v) is 13.4. The summed E-state index contributed by atoms with van der Waals surface area (Å²) in [4.78, 5) is 16.6. The Bertz CT molecular complexity index is 510. The first-order valence-electron chi connectivity index (χ1n) is 8.16. The van der Waals surface area contributed by atoms with Crippen molar-refractivity contribution in [2.24, 2.45) is 0 Å². The third-order valence-corrected chi connectivity index (χ3v) is 4.50. The predicted molar refractivity (Wildman–Crippen MR) is 81.3 cm³/mol.